The van der Waals surface area contributed by atoms with E-state index in [-0.39, 0.29) is 0 Å². The van der Waals surface area contributed by atoms with Crippen LogP contribution in [0.1, 0.15) is 11.1 Å². The van der Waals surface area contributed by atoms with E-state index in [4.69, 9.17) is 10.00 Å². The standard InChI is InChI=1S/C22H16N4O/c1-15-6-12-18(13-7-15)27-21-19-4-2-3-5-20(19)25-22(26-21)24-17-10-8-16(14-23)9-11-17/h2-13H,1H3,(H,24,25,26). The van der Waals surface area contributed by atoms with E-state index in [9.17, 15) is 0 Å². The third-order valence-corrected chi connectivity index (χ3v) is 4.07. The monoisotopic (exact) mass is 352 g/mol. The van der Waals surface area contributed by atoms with Crippen LogP contribution in [0.15, 0.2) is 72.8 Å². The summed E-state index contributed by atoms with van der Waals surface area (Å²) in [5, 5.41) is 12.9. The highest BCUT2D eigenvalue weighted by atomic mass is 16.5. The Bertz CT molecular complexity index is 1130. The number of ether oxygens (including phenoxy) is 1. The SMILES string of the molecule is Cc1ccc(Oc2nc(Nc3ccc(C#N)cc3)nc3ccccc23)cc1. The second-order valence-corrected chi connectivity index (χ2v) is 6.10. The molecular formula is C22H16N4O. The molecule has 0 saturated carbocycles. The average molecular weight is 352 g/mol. The topological polar surface area (TPSA) is 70.8 Å². The van der Waals surface area contributed by atoms with Gasteiger partial charge in [-0.2, -0.15) is 10.2 Å². The van der Waals surface area contributed by atoms with Crippen molar-refractivity contribution in [2.75, 3.05) is 5.32 Å². The van der Waals surface area contributed by atoms with Crippen LogP contribution < -0.4 is 10.1 Å². The lowest BCUT2D eigenvalue weighted by Gasteiger charge is -2.11. The average Bonchev–Trinajstić information content (AvgIpc) is 2.70. The first kappa shape index (κ1) is 16.6. The van der Waals surface area contributed by atoms with Crippen LogP contribution in [0.5, 0.6) is 11.6 Å². The smallest absolute Gasteiger partial charge is 0.231 e. The molecule has 1 aromatic heterocycles. The van der Waals surface area contributed by atoms with Gasteiger partial charge in [0.25, 0.3) is 0 Å². The summed E-state index contributed by atoms with van der Waals surface area (Å²) in [5.74, 6) is 1.63. The Morgan fingerprint density at radius 1 is 0.889 bits per heavy atom. The van der Waals surface area contributed by atoms with Crippen LogP contribution in [-0.4, -0.2) is 9.97 Å². The number of nitriles is 1. The fourth-order valence-electron chi connectivity index (χ4n) is 2.66. The third kappa shape index (κ3) is 3.70. The summed E-state index contributed by atoms with van der Waals surface area (Å²) in [6, 6.07) is 24.8. The molecule has 130 valence electrons. The van der Waals surface area contributed by atoms with Gasteiger partial charge in [-0.3, -0.25) is 0 Å². The van der Waals surface area contributed by atoms with Crippen LogP contribution in [0.2, 0.25) is 0 Å². The van der Waals surface area contributed by atoms with Crippen molar-refractivity contribution in [3.63, 3.8) is 0 Å². The van der Waals surface area contributed by atoms with Crippen LogP contribution in [0.25, 0.3) is 10.9 Å². The van der Waals surface area contributed by atoms with Gasteiger partial charge in [0, 0.05) is 5.69 Å². The largest absolute Gasteiger partial charge is 0.438 e. The van der Waals surface area contributed by atoms with Gasteiger partial charge < -0.3 is 10.1 Å². The molecule has 1 heterocycles. The summed E-state index contributed by atoms with van der Waals surface area (Å²) >= 11 is 0. The molecule has 0 aliphatic heterocycles. The Morgan fingerprint density at radius 2 is 1.63 bits per heavy atom. The lowest BCUT2D eigenvalue weighted by Crippen LogP contribution is -2.00. The van der Waals surface area contributed by atoms with Crippen molar-refractivity contribution in [2.45, 2.75) is 6.92 Å². The second kappa shape index (κ2) is 7.14. The summed E-state index contributed by atoms with van der Waals surface area (Å²) < 4.78 is 6.03. The zero-order valence-electron chi connectivity index (χ0n) is 14.7. The van der Waals surface area contributed by atoms with Crippen molar-refractivity contribution in [3.05, 3.63) is 83.9 Å². The fourth-order valence-corrected chi connectivity index (χ4v) is 2.66. The molecule has 0 saturated heterocycles. The van der Waals surface area contributed by atoms with Gasteiger partial charge in [-0.1, -0.05) is 29.8 Å². The molecule has 0 bridgehead atoms. The molecule has 0 unspecified atom stereocenters. The zero-order chi connectivity index (χ0) is 18.6. The van der Waals surface area contributed by atoms with E-state index < -0.39 is 0 Å². The number of para-hydroxylation sites is 1. The molecule has 0 aliphatic rings. The molecule has 0 aliphatic carbocycles. The quantitative estimate of drug-likeness (QED) is 0.536. The number of aromatic nitrogens is 2. The van der Waals surface area contributed by atoms with Gasteiger partial charge in [0.15, 0.2) is 0 Å². The molecular weight excluding hydrogens is 336 g/mol. The number of anilines is 2. The van der Waals surface area contributed by atoms with E-state index in [1.54, 1.807) is 12.1 Å². The normalized spacial score (nSPS) is 10.4. The predicted molar refractivity (Wildman–Crippen MR) is 105 cm³/mol. The van der Waals surface area contributed by atoms with Crippen molar-refractivity contribution in [1.82, 2.24) is 9.97 Å². The molecule has 5 heteroatoms. The molecule has 0 amide bonds. The highest BCUT2D eigenvalue weighted by Crippen LogP contribution is 2.29. The van der Waals surface area contributed by atoms with Gasteiger partial charge in [-0.25, -0.2) is 4.98 Å². The van der Waals surface area contributed by atoms with E-state index in [2.05, 4.69) is 21.4 Å². The van der Waals surface area contributed by atoms with E-state index in [1.165, 1.54) is 0 Å². The number of nitrogens with zero attached hydrogens (tertiary/aromatic N) is 3. The van der Waals surface area contributed by atoms with Gasteiger partial charge >= 0.3 is 0 Å². The van der Waals surface area contributed by atoms with Gasteiger partial charge in [0.05, 0.1) is 22.5 Å². The summed E-state index contributed by atoms with van der Waals surface area (Å²) in [6.07, 6.45) is 0. The van der Waals surface area contributed by atoms with Gasteiger partial charge in [0.1, 0.15) is 5.75 Å². The van der Waals surface area contributed by atoms with Crippen LogP contribution in [-0.2, 0) is 0 Å². The molecule has 1 N–H and O–H groups in total. The molecule has 27 heavy (non-hydrogen) atoms. The number of fused-ring (bicyclic) bond motifs is 1. The second-order valence-electron chi connectivity index (χ2n) is 6.10. The first-order valence-electron chi connectivity index (χ1n) is 8.50. The summed E-state index contributed by atoms with van der Waals surface area (Å²) in [7, 11) is 0. The summed E-state index contributed by atoms with van der Waals surface area (Å²) in [6.45, 7) is 2.03. The first-order valence-corrected chi connectivity index (χ1v) is 8.50. The number of aryl methyl sites for hydroxylation is 1. The van der Waals surface area contributed by atoms with Gasteiger partial charge in [-0.15, -0.1) is 0 Å². The zero-order valence-corrected chi connectivity index (χ0v) is 14.7. The van der Waals surface area contributed by atoms with Crippen molar-refractivity contribution < 1.29 is 4.74 Å². The van der Waals surface area contributed by atoms with E-state index in [0.717, 1.165) is 22.2 Å². The Morgan fingerprint density at radius 3 is 2.37 bits per heavy atom. The minimum Gasteiger partial charge on any atom is -0.438 e. The third-order valence-electron chi connectivity index (χ3n) is 4.07. The van der Waals surface area contributed by atoms with Crippen LogP contribution in [0.3, 0.4) is 0 Å². The Labute approximate surface area is 156 Å². The van der Waals surface area contributed by atoms with Crippen LogP contribution in [0.4, 0.5) is 11.6 Å². The number of hydrogen-bond donors (Lipinski definition) is 1. The molecule has 4 aromatic rings. The maximum absolute atomic E-state index is 8.92. The predicted octanol–water partition coefficient (Wildman–Crippen LogP) is 5.35. The maximum atomic E-state index is 8.92. The van der Waals surface area contributed by atoms with Gasteiger partial charge in [0.2, 0.25) is 11.8 Å². The van der Waals surface area contributed by atoms with Crippen LogP contribution in [0, 0.1) is 18.3 Å². The fraction of sp³-hybridized carbons (Fsp3) is 0.0455. The molecule has 0 atom stereocenters. The van der Waals surface area contributed by atoms with Crippen molar-refractivity contribution >= 4 is 22.5 Å². The van der Waals surface area contributed by atoms with Crippen molar-refractivity contribution in [2.24, 2.45) is 0 Å². The number of hydrogen-bond acceptors (Lipinski definition) is 5. The van der Waals surface area contributed by atoms with Crippen molar-refractivity contribution in [1.29, 1.82) is 5.26 Å². The minimum absolute atomic E-state index is 0.431. The number of rotatable bonds is 4. The molecule has 0 fully saturated rings. The molecule has 4 rings (SSSR count). The first-order chi connectivity index (χ1) is 13.2. The Hall–Kier alpha value is -3.91. The van der Waals surface area contributed by atoms with E-state index >= 15 is 0 Å². The molecule has 5 nitrogen and oxygen atoms in total. The van der Waals surface area contributed by atoms with Crippen LogP contribution >= 0.6 is 0 Å². The lowest BCUT2D eigenvalue weighted by atomic mass is 10.2. The van der Waals surface area contributed by atoms with E-state index in [1.807, 2.05) is 67.6 Å². The van der Waals surface area contributed by atoms with E-state index in [0.29, 0.717) is 23.1 Å². The highest BCUT2D eigenvalue weighted by molar-refractivity contribution is 5.85. The maximum Gasteiger partial charge on any atom is 0.231 e. The number of benzene rings is 3. The lowest BCUT2D eigenvalue weighted by molar-refractivity contribution is 0.469. The van der Waals surface area contributed by atoms with Gasteiger partial charge in [-0.05, 0) is 55.5 Å². The summed E-state index contributed by atoms with van der Waals surface area (Å²) in [4.78, 5) is 9.11. The highest BCUT2D eigenvalue weighted by Gasteiger charge is 2.10. The minimum atomic E-state index is 0.431. The number of nitrogens with one attached hydrogen (secondary N) is 1. The van der Waals surface area contributed by atoms with Crippen molar-refractivity contribution in [3.8, 4) is 17.7 Å². The summed E-state index contributed by atoms with van der Waals surface area (Å²) in [5.41, 5.74) is 3.35. The molecule has 3 aromatic carbocycles. The molecule has 0 spiro atoms. The Balaban J connectivity index is 1.71. The molecule has 0 radical (unpaired) electrons. The Kier molecular flexibility index (Phi) is 4.38.